The van der Waals surface area contributed by atoms with E-state index in [1.807, 2.05) is 60.7 Å². The smallest absolute Gasteiger partial charge is 0.366 e. The molecule has 0 fully saturated rings. The molecule has 0 atom stereocenters. The van der Waals surface area contributed by atoms with Crippen LogP contribution in [-0.2, 0) is 10.8 Å². The largest absolute Gasteiger partial charge is 0.497 e. The molecule has 0 bridgehead atoms. The van der Waals surface area contributed by atoms with Gasteiger partial charge in [-0.3, -0.25) is 0 Å². The van der Waals surface area contributed by atoms with Gasteiger partial charge in [0, 0.05) is 46.5 Å². The Morgan fingerprint density at radius 3 is 0.772 bits per heavy atom. The summed E-state index contributed by atoms with van der Waals surface area (Å²) in [7, 11) is 15.0. The molecule has 14 aromatic carbocycles. The second kappa shape index (κ2) is 60.4. The summed E-state index contributed by atoms with van der Waals surface area (Å²) in [6, 6.07) is 108. The molecular weight excluding hydrogens is 2480 g/mol. The normalized spacial score (nSPS) is 10.7. The zero-order chi connectivity index (χ0) is 98.5. The van der Waals surface area contributed by atoms with E-state index < -0.39 is 42.4 Å². The average molecular weight is 2620 g/mol. The van der Waals surface area contributed by atoms with Crippen LogP contribution in [0.1, 0.15) is 162 Å². The van der Waals surface area contributed by atoms with Crippen molar-refractivity contribution in [2.24, 2.45) is 0 Å². The van der Waals surface area contributed by atoms with Gasteiger partial charge in [0.25, 0.3) is 7.14 Å². The first kappa shape index (κ1) is 113. The molecule has 0 saturated carbocycles. The van der Waals surface area contributed by atoms with Crippen LogP contribution in [0, 0.1) is 98.4 Å². The fourth-order valence-electron chi connectivity index (χ4n) is 13.6. The molecule has 0 saturated heterocycles. The number of ether oxygens (including phenoxy) is 10. The van der Waals surface area contributed by atoms with Gasteiger partial charge in [-0.25, -0.2) is 0 Å². The molecule has 17 heteroatoms. The molecule has 0 radical (unpaired) electrons. The fourth-order valence-corrected chi connectivity index (χ4v) is 30.5. The molecule has 136 heavy (non-hydrogen) atoms. The molecule has 0 heterocycles. The van der Waals surface area contributed by atoms with E-state index in [9.17, 15) is 0 Å². The third-order valence-electron chi connectivity index (χ3n) is 21.1. The molecule has 14 aromatic rings. The minimum absolute atomic E-state index is 0.0167. The molecule has 10 nitrogen and oxygen atoms in total. The lowest BCUT2D eigenvalue weighted by molar-refractivity contribution is -0.600. The first-order valence-corrected chi connectivity index (χ1v) is 60.9. The van der Waals surface area contributed by atoms with Gasteiger partial charge in [-0.05, 0) is 258 Å². The van der Waals surface area contributed by atoms with Crippen LogP contribution in [0.25, 0.3) is 0 Å². The molecule has 14 rings (SSSR count). The van der Waals surface area contributed by atoms with Crippen LogP contribution in [0.2, 0.25) is 0 Å². The molecular formula is C119H140I7O10+7. The van der Waals surface area contributed by atoms with E-state index in [-0.39, 0.29) is 117 Å². The summed E-state index contributed by atoms with van der Waals surface area (Å²) < 4.78 is 73.7. The third kappa shape index (κ3) is 39.7. The molecule has 0 aliphatic carbocycles. The van der Waals surface area contributed by atoms with Crippen LogP contribution < -0.4 is 196 Å². The number of benzene rings is 14. The average Bonchev–Trinajstić information content (AvgIpc) is 0.822. The predicted octanol–water partition coefficient (Wildman–Crippen LogP) is 7.40. The van der Waals surface area contributed by atoms with E-state index in [0.29, 0.717) is 5.92 Å². The lowest BCUT2D eigenvalue weighted by Gasteiger charge is -2.18. The Labute approximate surface area is 888 Å². The number of hydrogen-bond acceptors (Lipinski definition) is 10. The van der Waals surface area contributed by atoms with Crippen LogP contribution in [0.3, 0.4) is 0 Å². The van der Waals surface area contributed by atoms with Crippen LogP contribution in [0.4, 0.5) is 0 Å². The van der Waals surface area contributed by atoms with Crippen molar-refractivity contribution >= 4 is 0 Å². The number of halogens is 7. The van der Waals surface area contributed by atoms with Gasteiger partial charge in [-0.1, -0.05) is 220 Å². The molecule has 0 amide bonds. The summed E-state index contributed by atoms with van der Waals surface area (Å²) >= 11 is -1.13. The van der Waals surface area contributed by atoms with Gasteiger partial charge in [-0.15, -0.1) is 0 Å². The topological polar surface area (TPSA) is 92.3 Å². The number of methoxy groups -OCH3 is 9. The van der Waals surface area contributed by atoms with Gasteiger partial charge in [0.05, 0.1) is 70.6 Å². The molecule has 0 unspecified atom stereocenters. The molecule has 0 aliphatic heterocycles. The highest BCUT2D eigenvalue weighted by atomic mass is 127. The zero-order valence-electron chi connectivity index (χ0n) is 84.1. The van der Waals surface area contributed by atoms with Crippen LogP contribution in [-0.4, -0.2) is 70.6 Å². The maximum Gasteiger partial charge on any atom is 0.366 e. The SMILES string of the molecule is CC(C)(C)c1ccc([I+]c2ccc(C(C)(C)C)cc2)cc1.CCCCCCCCOc1ccc([I+]c2c(OC)cc(OC)cc2OC)cc1.COc1ccc([I+]c2c(OC)cc(OC)cc2OC)cc1.COc1ccc([I+]c2ccc(OC)cc2)cc1.Cc1cc(C)c([I+]c2c(C)cc(C)cc2C)c(C)c1.Cc1ccc([I+]c2ccc(C(C)C)cc2)cc1.c1ccc([I+]c2ccccc2)cc1. The lowest BCUT2D eigenvalue weighted by atomic mass is 9.87. The van der Waals surface area contributed by atoms with Crippen LogP contribution in [0.15, 0.2) is 303 Å². The van der Waals surface area contributed by atoms with Crippen molar-refractivity contribution in [3.8, 4) is 57.5 Å². The molecule has 718 valence electrons. The van der Waals surface area contributed by atoms with Gasteiger partial charge < -0.3 is 47.4 Å². The van der Waals surface area contributed by atoms with Crippen molar-refractivity contribution in [1.29, 1.82) is 0 Å². The van der Waals surface area contributed by atoms with Crippen molar-refractivity contribution in [2.45, 2.75) is 166 Å². The number of hydrogen-bond donors (Lipinski definition) is 0. The Morgan fingerprint density at radius 1 is 0.235 bits per heavy atom. The third-order valence-corrected chi connectivity index (χ3v) is 42.2. The highest BCUT2D eigenvalue weighted by Crippen LogP contribution is 2.30. The van der Waals surface area contributed by atoms with Gasteiger partial charge in [0.1, 0.15) is 34.5 Å². The van der Waals surface area contributed by atoms with Crippen LogP contribution >= 0.6 is 0 Å². The Hall–Kier alpha value is -7.81. The molecule has 0 aliphatic rings. The highest BCUT2D eigenvalue weighted by Gasteiger charge is 2.32. The van der Waals surface area contributed by atoms with Gasteiger partial charge in [0.15, 0.2) is 65.8 Å². The van der Waals surface area contributed by atoms with Crippen molar-refractivity contribution in [1.82, 2.24) is 0 Å². The summed E-state index contributed by atoms with van der Waals surface area (Å²) in [5, 5.41) is 0. The second-order valence-corrected chi connectivity index (χ2v) is 55.0. The lowest BCUT2D eigenvalue weighted by Crippen LogP contribution is -3.62. The van der Waals surface area contributed by atoms with Crippen molar-refractivity contribution in [2.75, 3.05) is 70.6 Å². The zero-order valence-corrected chi connectivity index (χ0v) is 99.2. The number of aryl methyl sites for hydroxylation is 7. The Morgan fingerprint density at radius 2 is 0.493 bits per heavy atom. The summed E-state index contributed by atoms with van der Waals surface area (Å²) in [6.45, 7) is 36.7. The molecule has 0 N–H and O–H groups in total. The first-order chi connectivity index (χ1) is 65.4. The van der Waals surface area contributed by atoms with E-state index >= 15 is 0 Å². The van der Waals surface area contributed by atoms with E-state index in [0.717, 1.165) is 77.7 Å². The predicted molar refractivity (Wildman–Crippen MR) is 534 cm³/mol. The van der Waals surface area contributed by atoms with Crippen molar-refractivity contribution in [3.05, 3.63) is 409 Å². The molecule has 0 aromatic heterocycles. The Balaban J connectivity index is 0.000000197. The van der Waals surface area contributed by atoms with E-state index in [1.54, 1.807) is 71.1 Å². The number of rotatable bonds is 32. The monoisotopic (exact) mass is 2620 g/mol. The van der Waals surface area contributed by atoms with E-state index in [2.05, 4.69) is 353 Å². The van der Waals surface area contributed by atoms with Crippen molar-refractivity contribution < 1.29 is 196 Å². The maximum absolute atomic E-state index is 5.88. The van der Waals surface area contributed by atoms with Crippen molar-refractivity contribution in [3.63, 3.8) is 0 Å². The minimum Gasteiger partial charge on any atom is -0.497 e. The first-order valence-electron chi connectivity index (χ1n) is 45.8. The van der Waals surface area contributed by atoms with Gasteiger partial charge in [-0.2, -0.15) is 0 Å². The second-order valence-electron chi connectivity index (χ2n) is 34.4. The number of unbranched alkanes of at least 4 members (excludes halogenated alkanes) is 5. The summed E-state index contributed by atoms with van der Waals surface area (Å²) in [6.07, 6.45) is 7.66. The quantitative estimate of drug-likeness (QED) is 0.0314. The highest BCUT2D eigenvalue weighted by molar-refractivity contribution is 5.43. The van der Waals surface area contributed by atoms with Gasteiger partial charge >= 0.3 is 148 Å². The Bertz CT molecular complexity index is 5520. The molecule has 0 spiro atoms. The maximum atomic E-state index is 5.88. The van der Waals surface area contributed by atoms with E-state index in [1.165, 1.54) is 123 Å². The summed E-state index contributed by atoms with van der Waals surface area (Å²) in [4.78, 5) is 0. The van der Waals surface area contributed by atoms with Gasteiger partial charge in [0.2, 0.25) is 0 Å². The Kier molecular flexibility index (Phi) is 50.4. The summed E-state index contributed by atoms with van der Waals surface area (Å²) in [5.74, 6) is 8.93. The van der Waals surface area contributed by atoms with E-state index in [4.69, 9.17) is 47.4 Å². The summed E-state index contributed by atoms with van der Waals surface area (Å²) in [5.41, 5.74) is 14.7. The fraction of sp³-hybridized carbons (Fsp3) is 0.294. The van der Waals surface area contributed by atoms with Crippen LogP contribution in [0.5, 0.6) is 57.5 Å². The minimum atomic E-state index is -0.445. The standard InChI is InChI=1S/C23H32IO4.C20H26I.C18H22I.C16H18IO4.C16H18I.C14H14IO2.C12H10I/c1-5-6-7-8-9-10-15-28-19-13-11-18(12-14-19)24-23-21(26-3)16-20(25-2)17-22(23)27-4;1-19(2,3)15-7-11-17(12-8-15)21-18-13-9-16(10-14-18)20(4,5)6;1-11-7-13(3)17(14(4)8-11)19-18-15(5)9-12(2)10-16(18)6;1-18-12-7-5-11(6-8-12)17-16-14(20-3)9-13(19-2)10-15(16)21-4;1-12(2)14-6-10-16(11-7-14)17-15-8-4-13(3)5-9-15;1-16-13-7-3-11(4-8-13)15-12-5-9-14(17-2)10-6-12;1-3-7-11(8-4-1)13-12-9-5-2-6-10-12/h11-14,16-17H,5-10,15H2,1-4H3;7-14H,1-6H3;7-10H,1-6H3;5-10H,1-4H3;4-12H,1-3H3;3-10H,1-2H3;1-10H/q7*+1.